The van der Waals surface area contributed by atoms with Gasteiger partial charge < -0.3 is 5.32 Å². The van der Waals surface area contributed by atoms with Crippen molar-refractivity contribution in [3.8, 4) is 0 Å². The molecule has 0 spiro atoms. The lowest BCUT2D eigenvalue weighted by atomic mass is 10.2. The minimum Gasteiger partial charge on any atom is -0.321 e. The van der Waals surface area contributed by atoms with Crippen LogP contribution >= 0.6 is 11.6 Å². The van der Waals surface area contributed by atoms with Crippen LogP contribution in [0.2, 0.25) is 5.02 Å². The van der Waals surface area contributed by atoms with Crippen LogP contribution in [0.25, 0.3) is 0 Å². The molecule has 2 aromatic carbocycles. The van der Waals surface area contributed by atoms with E-state index >= 15 is 0 Å². The lowest BCUT2D eigenvalue weighted by Gasteiger charge is -2.08. The predicted octanol–water partition coefficient (Wildman–Crippen LogP) is 3.53. The SMILES string of the molecule is O=C(Nc1ccc(S(=O)(=O)F)cc1Cl)c1ccc(F)cc1F. The molecule has 9 heteroatoms. The largest absolute Gasteiger partial charge is 0.332 e. The van der Waals surface area contributed by atoms with Crippen molar-refractivity contribution in [3.05, 3.63) is 58.6 Å². The average molecular weight is 350 g/mol. The molecule has 0 bridgehead atoms. The van der Waals surface area contributed by atoms with Gasteiger partial charge in [-0.3, -0.25) is 4.79 Å². The second-order valence-electron chi connectivity index (χ2n) is 4.16. The van der Waals surface area contributed by atoms with Crippen molar-refractivity contribution in [2.24, 2.45) is 0 Å². The Morgan fingerprint density at radius 3 is 2.32 bits per heavy atom. The molecule has 0 atom stereocenters. The number of hydrogen-bond donors (Lipinski definition) is 1. The van der Waals surface area contributed by atoms with Crippen LogP contribution in [0.4, 0.5) is 18.4 Å². The Bertz CT molecular complexity index is 856. The molecule has 1 N–H and O–H groups in total. The van der Waals surface area contributed by atoms with Gasteiger partial charge in [0.1, 0.15) is 16.5 Å². The number of carbonyl (C=O) groups excluding carboxylic acids is 1. The van der Waals surface area contributed by atoms with Crippen LogP contribution < -0.4 is 5.32 Å². The normalized spacial score (nSPS) is 11.3. The van der Waals surface area contributed by atoms with E-state index in [0.717, 1.165) is 30.3 Å². The smallest absolute Gasteiger partial charge is 0.321 e. The third-order valence-electron chi connectivity index (χ3n) is 2.65. The summed E-state index contributed by atoms with van der Waals surface area (Å²) in [4.78, 5) is 11.2. The van der Waals surface area contributed by atoms with Gasteiger partial charge in [0.05, 0.1) is 16.3 Å². The lowest BCUT2D eigenvalue weighted by Crippen LogP contribution is -2.14. The summed E-state index contributed by atoms with van der Waals surface area (Å²) in [6.07, 6.45) is 0. The van der Waals surface area contributed by atoms with Crippen LogP contribution in [-0.4, -0.2) is 14.3 Å². The van der Waals surface area contributed by atoms with Gasteiger partial charge in [0, 0.05) is 6.07 Å². The van der Waals surface area contributed by atoms with Gasteiger partial charge in [0.15, 0.2) is 0 Å². The van der Waals surface area contributed by atoms with Crippen LogP contribution in [0.5, 0.6) is 0 Å². The topological polar surface area (TPSA) is 63.2 Å². The highest BCUT2D eigenvalue weighted by Gasteiger charge is 2.17. The van der Waals surface area contributed by atoms with E-state index in [2.05, 4.69) is 5.32 Å². The summed E-state index contributed by atoms with van der Waals surface area (Å²) in [5, 5.41) is 1.96. The fraction of sp³-hybridized carbons (Fsp3) is 0. The highest BCUT2D eigenvalue weighted by molar-refractivity contribution is 7.86. The number of rotatable bonds is 3. The summed E-state index contributed by atoms with van der Waals surface area (Å²) in [5.74, 6) is -2.84. The summed E-state index contributed by atoms with van der Waals surface area (Å²) < 4.78 is 60.5. The summed E-state index contributed by atoms with van der Waals surface area (Å²) in [7, 11) is -4.93. The Kier molecular flexibility index (Phi) is 4.43. The van der Waals surface area contributed by atoms with E-state index in [4.69, 9.17) is 11.6 Å². The molecule has 2 aromatic rings. The van der Waals surface area contributed by atoms with Crippen molar-refractivity contribution in [3.63, 3.8) is 0 Å². The molecule has 4 nitrogen and oxygen atoms in total. The molecule has 1 amide bonds. The number of amides is 1. The highest BCUT2D eigenvalue weighted by Crippen LogP contribution is 2.26. The fourth-order valence-electron chi connectivity index (χ4n) is 1.61. The zero-order valence-corrected chi connectivity index (χ0v) is 12.2. The first kappa shape index (κ1) is 16.3. The molecule has 0 aliphatic rings. The van der Waals surface area contributed by atoms with E-state index in [-0.39, 0.29) is 10.7 Å². The third kappa shape index (κ3) is 3.58. The summed E-state index contributed by atoms with van der Waals surface area (Å²) in [5.41, 5.74) is -0.484. The van der Waals surface area contributed by atoms with Gasteiger partial charge in [-0.1, -0.05) is 11.6 Å². The zero-order valence-electron chi connectivity index (χ0n) is 10.6. The maximum absolute atomic E-state index is 13.5. The maximum Gasteiger partial charge on any atom is 0.332 e. The van der Waals surface area contributed by atoms with E-state index in [1.807, 2.05) is 0 Å². The Labute approximate surface area is 128 Å². The van der Waals surface area contributed by atoms with Crippen LogP contribution in [0, 0.1) is 11.6 Å². The van der Waals surface area contributed by atoms with E-state index in [9.17, 15) is 25.9 Å². The summed E-state index contributed by atoms with van der Waals surface area (Å²) in [6, 6.07) is 5.11. The molecule has 0 aliphatic heterocycles. The quantitative estimate of drug-likeness (QED) is 0.862. The molecular formula is C13H7ClF3NO3S. The number of nitrogens with one attached hydrogen (secondary N) is 1. The molecule has 22 heavy (non-hydrogen) atoms. The first-order valence-electron chi connectivity index (χ1n) is 5.69. The molecule has 0 aliphatic carbocycles. The van der Waals surface area contributed by atoms with Crippen molar-refractivity contribution in [1.29, 1.82) is 0 Å². The zero-order chi connectivity index (χ0) is 16.5. The molecule has 116 valence electrons. The van der Waals surface area contributed by atoms with Crippen LogP contribution in [0.3, 0.4) is 0 Å². The Balaban J connectivity index is 2.29. The standard InChI is InChI=1S/C13H7ClF3NO3S/c14-10-6-8(22(17,20)21)2-4-12(10)18-13(19)9-3-1-7(15)5-11(9)16/h1-6H,(H,18,19). The molecule has 0 saturated heterocycles. The van der Waals surface area contributed by atoms with Gasteiger partial charge in [-0.25, -0.2) is 8.78 Å². The molecule has 0 fully saturated rings. The molecule has 0 heterocycles. The van der Waals surface area contributed by atoms with Crippen LogP contribution in [0.15, 0.2) is 41.3 Å². The fourth-order valence-corrected chi connectivity index (χ4v) is 2.39. The monoisotopic (exact) mass is 349 g/mol. The van der Waals surface area contributed by atoms with E-state index < -0.39 is 38.2 Å². The van der Waals surface area contributed by atoms with Gasteiger partial charge in [-0.05, 0) is 30.3 Å². The first-order valence-corrected chi connectivity index (χ1v) is 7.45. The van der Waals surface area contributed by atoms with E-state index in [1.165, 1.54) is 0 Å². The molecule has 0 unspecified atom stereocenters. The van der Waals surface area contributed by atoms with Gasteiger partial charge in [-0.15, -0.1) is 3.89 Å². The highest BCUT2D eigenvalue weighted by atomic mass is 35.5. The Hall–Kier alpha value is -2.06. The van der Waals surface area contributed by atoms with E-state index in [0.29, 0.717) is 6.07 Å². The minimum atomic E-state index is -4.93. The van der Waals surface area contributed by atoms with Crippen molar-refractivity contribution in [1.82, 2.24) is 0 Å². The Morgan fingerprint density at radius 2 is 1.77 bits per heavy atom. The number of halogens is 4. The first-order chi connectivity index (χ1) is 10.2. The van der Waals surface area contributed by atoms with Gasteiger partial charge in [0.25, 0.3) is 5.91 Å². The number of hydrogen-bond acceptors (Lipinski definition) is 3. The summed E-state index contributed by atoms with van der Waals surface area (Å²) in [6.45, 7) is 0. The Morgan fingerprint density at radius 1 is 1.09 bits per heavy atom. The van der Waals surface area contributed by atoms with Crippen LogP contribution in [-0.2, 0) is 10.2 Å². The number of anilines is 1. The van der Waals surface area contributed by atoms with Gasteiger partial charge in [-0.2, -0.15) is 8.42 Å². The van der Waals surface area contributed by atoms with Crippen LogP contribution in [0.1, 0.15) is 10.4 Å². The van der Waals surface area contributed by atoms with Crippen molar-refractivity contribution < 1.29 is 25.9 Å². The van der Waals surface area contributed by atoms with Gasteiger partial charge in [0.2, 0.25) is 0 Å². The molecule has 0 saturated carbocycles. The second-order valence-corrected chi connectivity index (χ2v) is 5.91. The average Bonchev–Trinajstić information content (AvgIpc) is 2.39. The third-order valence-corrected chi connectivity index (χ3v) is 3.78. The minimum absolute atomic E-state index is 0.0530. The molecule has 0 radical (unpaired) electrons. The summed E-state index contributed by atoms with van der Waals surface area (Å²) >= 11 is 5.73. The predicted molar refractivity (Wildman–Crippen MR) is 74.1 cm³/mol. The van der Waals surface area contributed by atoms with Crippen molar-refractivity contribution in [2.75, 3.05) is 5.32 Å². The van der Waals surface area contributed by atoms with Crippen molar-refractivity contribution in [2.45, 2.75) is 4.90 Å². The van der Waals surface area contributed by atoms with Gasteiger partial charge >= 0.3 is 10.2 Å². The molecule has 2 rings (SSSR count). The molecule has 0 aromatic heterocycles. The van der Waals surface area contributed by atoms with E-state index in [1.54, 1.807) is 0 Å². The second kappa shape index (κ2) is 5.98. The number of carbonyl (C=O) groups is 1. The number of benzene rings is 2. The lowest BCUT2D eigenvalue weighted by molar-refractivity contribution is 0.102. The molecular weight excluding hydrogens is 343 g/mol. The maximum atomic E-state index is 13.5. The van der Waals surface area contributed by atoms with Crippen molar-refractivity contribution >= 4 is 33.4 Å².